The monoisotopic (exact) mass is 390 g/mol. The second-order valence-electron chi connectivity index (χ2n) is 5.01. The Morgan fingerprint density at radius 2 is 1.58 bits per heavy atom. The highest BCUT2D eigenvalue weighted by molar-refractivity contribution is 5.86. The molecule has 1 heterocycles. The first-order chi connectivity index (χ1) is 10.2. The molecular weight excluding hydrogens is 371 g/mol. The molecule has 7 heteroatoms. The Balaban J connectivity index is 0.00000176. The molecule has 0 bridgehead atoms. The molecule has 0 unspecified atom stereocenters. The summed E-state index contributed by atoms with van der Waals surface area (Å²) in [6, 6.07) is 12.1. The average Bonchev–Trinajstić information content (AvgIpc) is 2.85. The zero-order valence-electron chi connectivity index (χ0n) is 13.9. The second-order valence-corrected chi connectivity index (χ2v) is 5.01. The van der Waals surface area contributed by atoms with Gasteiger partial charge in [0.25, 0.3) is 0 Å². The quantitative estimate of drug-likeness (QED) is 0.641. The standard InChI is InChI=1S/C17H18N2O2.3ClH/c1-11-6-5-7-13-16(11)18-17(19(13)2)12-8-9-14(20-3)15(10-12)21-4;;;/h5-10H,1-4H3;3*1H. The third-order valence-corrected chi connectivity index (χ3v) is 3.75. The van der Waals surface area contributed by atoms with Gasteiger partial charge in [-0.1, -0.05) is 12.1 Å². The fourth-order valence-electron chi connectivity index (χ4n) is 2.59. The molecule has 24 heavy (non-hydrogen) atoms. The van der Waals surface area contributed by atoms with Gasteiger partial charge in [-0.25, -0.2) is 4.98 Å². The lowest BCUT2D eigenvalue weighted by Gasteiger charge is -2.09. The maximum absolute atomic E-state index is 5.37. The number of ether oxygens (including phenoxy) is 2. The first kappa shape index (κ1) is 22.4. The van der Waals surface area contributed by atoms with E-state index < -0.39 is 0 Å². The van der Waals surface area contributed by atoms with E-state index in [4.69, 9.17) is 14.5 Å². The van der Waals surface area contributed by atoms with Crippen molar-refractivity contribution in [3.63, 3.8) is 0 Å². The van der Waals surface area contributed by atoms with E-state index in [0.717, 1.165) is 28.2 Å². The van der Waals surface area contributed by atoms with Gasteiger partial charge in [-0.2, -0.15) is 0 Å². The number of aromatic nitrogens is 2. The first-order valence-electron chi connectivity index (χ1n) is 6.80. The highest BCUT2D eigenvalue weighted by Crippen LogP contribution is 2.33. The second kappa shape index (κ2) is 9.02. The summed E-state index contributed by atoms with van der Waals surface area (Å²) in [4.78, 5) is 4.78. The highest BCUT2D eigenvalue weighted by atomic mass is 35.5. The van der Waals surface area contributed by atoms with E-state index in [-0.39, 0.29) is 37.2 Å². The molecule has 0 spiro atoms. The van der Waals surface area contributed by atoms with Crippen LogP contribution >= 0.6 is 37.2 Å². The number of aryl methyl sites for hydroxylation is 2. The highest BCUT2D eigenvalue weighted by Gasteiger charge is 2.13. The van der Waals surface area contributed by atoms with Gasteiger partial charge in [-0.15, -0.1) is 37.2 Å². The van der Waals surface area contributed by atoms with Crippen LogP contribution in [0.2, 0.25) is 0 Å². The lowest BCUT2D eigenvalue weighted by molar-refractivity contribution is 0.355. The van der Waals surface area contributed by atoms with E-state index in [0.29, 0.717) is 5.75 Å². The molecule has 2 aromatic carbocycles. The largest absolute Gasteiger partial charge is 0.493 e. The van der Waals surface area contributed by atoms with Gasteiger partial charge in [0.15, 0.2) is 11.5 Å². The van der Waals surface area contributed by atoms with E-state index in [9.17, 15) is 0 Å². The molecule has 0 atom stereocenters. The molecule has 1 aromatic heterocycles. The molecule has 0 saturated carbocycles. The normalized spacial score (nSPS) is 9.50. The minimum Gasteiger partial charge on any atom is -0.493 e. The Morgan fingerprint density at radius 3 is 2.17 bits per heavy atom. The number of methoxy groups -OCH3 is 2. The van der Waals surface area contributed by atoms with Crippen LogP contribution < -0.4 is 9.47 Å². The Labute approximate surface area is 160 Å². The van der Waals surface area contributed by atoms with Crippen molar-refractivity contribution in [3.8, 4) is 22.9 Å². The molecule has 0 aliphatic heterocycles. The van der Waals surface area contributed by atoms with Gasteiger partial charge in [0.2, 0.25) is 0 Å². The minimum atomic E-state index is 0. The molecule has 0 saturated heterocycles. The summed E-state index contributed by atoms with van der Waals surface area (Å²) < 4.78 is 12.8. The Hall–Kier alpha value is -1.62. The third kappa shape index (κ3) is 3.72. The van der Waals surface area contributed by atoms with Gasteiger partial charge in [-0.05, 0) is 36.8 Å². The maximum Gasteiger partial charge on any atom is 0.161 e. The number of para-hydroxylation sites is 1. The van der Waals surface area contributed by atoms with E-state index in [2.05, 4.69) is 29.7 Å². The lowest BCUT2D eigenvalue weighted by Crippen LogP contribution is -1.95. The number of rotatable bonds is 3. The summed E-state index contributed by atoms with van der Waals surface area (Å²) in [6.45, 7) is 2.08. The van der Waals surface area contributed by atoms with Gasteiger partial charge >= 0.3 is 0 Å². The minimum absolute atomic E-state index is 0. The van der Waals surface area contributed by atoms with Crippen molar-refractivity contribution in [2.75, 3.05) is 14.2 Å². The molecule has 4 nitrogen and oxygen atoms in total. The van der Waals surface area contributed by atoms with Crippen molar-refractivity contribution in [2.24, 2.45) is 7.05 Å². The molecular formula is C17H21Cl3N2O2. The number of nitrogens with zero attached hydrogens (tertiary/aromatic N) is 2. The Bertz CT molecular complexity index is 819. The number of hydrogen-bond acceptors (Lipinski definition) is 3. The fraction of sp³-hybridized carbons (Fsp3) is 0.235. The molecule has 0 amide bonds. The molecule has 0 aliphatic carbocycles. The average molecular weight is 392 g/mol. The number of halogens is 3. The zero-order chi connectivity index (χ0) is 15.0. The zero-order valence-corrected chi connectivity index (χ0v) is 16.3. The van der Waals surface area contributed by atoms with Crippen molar-refractivity contribution in [1.82, 2.24) is 9.55 Å². The Morgan fingerprint density at radius 1 is 0.917 bits per heavy atom. The topological polar surface area (TPSA) is 36.3 Å². The fourth-order valence-corrected chi connectivity index (χ4v) is 2.59. The smallest absolute Gasteiger partial charge is 0.161 e. The van der Waals surface area contributed by atoms with Crippen LogP contribution in [0.15, 0.2) is 36.4 Å². The summed E-state index contributed by atoms with van der Waals surface area (Å²) in [7, 11) is 5.30. The Kier molecular flexibility index (Phi) is 8.41. The van der Waals surface area contributed by atoms with Crippen molar-refractivity contribution in [1.29, 1.82) is 0 Å². The van der Waals surface area contributed by atoms with Crippen LogP contribution in [0.25, 0.3) is 22.4 Å². The van der Waals surface area contributed by atoms with Crippen LogP contribution in [-0.2, 0) is 7.05 Å². The van der Waals surface area contributed by atoms with E-state index in [1.807, 2.05) is 25.2 Å². The van der Waals surface area contributed by atoms with Crippen molar-refractivity contribution in [3.05, 3.63) is 42.0 Å². The van der Waals surface area contributed by atoms with E-state index in [1.165, 1.54) is 5.56 Å². The molecule has 3 aromatic rings. The van der Waals surface area contributed by atoms with E-state index in [1.54, 1.807) is 14.2 Å². The first-order valence-corrected chi connectivity index (χ1v) is 6.80. The number of benzene rings is 2. The van der Waals surface area contributed by atoms with Crippen LogP contribution in [0.5, 0.6) is 11.5 Å². The van der Waals surface area contributed by atoms with Gasteiger partial charge < -0.3 is 14.0 Å². The van der Waals surface area contributed by atoms with Crippen molar-refractivity contribution < 1.29 is 9.47 Å². The van der Waals surface area contributed by atoms with Crippen LogP contribution in [0.3, 0.4) is 0 Å². The lowest BCUT2D eigenvalue weighted by atomic mass is 10.2. The molecule has 0 fully saturated rings. The number of hydrogen-bond donors (Lipinski definition) is 0. The maximum atomic E-state index is 5.37. The molecule has 0 aliphatic rings. The van der Waals surface area contributed by atoms with Crippen molar-refractivity contribution in [2.45, 2.75) is 6.92 Å². The van der Waals surface area contributed by atoms with Gasteiger partial charge in [0.1, 0.15) is 5.82 Å². The SMILES string of the molecule is COc1ccc(-c2nc3c(C)cccc3n2C)cc1OC.Cl.Cl.Cl. The van der Waals surface area contributed by atoms with Gasteiger partial charge in [0, 0.05) is 12.6 Å². The molecule has 0 N–H and O–H groups in total. The summed E-state index contributed by atoms with van der Waals surface area (Å²) in [5.74, 6) is 2.34. The number of fused-ring (bicyclic) bond motifs is 1. The molecule has 3 rings (SSSR count). The number of imidazole rings is 1. The van der Waals surface area contributed by atoms with Crippen LogP contribution in [-0.4, -0.2) is 23.8 Å². The predicted molar refractivity (Wildman–Crippen MR) is 106 cm³/mol. The predicted octanol–water partition coefficient (Wildman–Crippen LogP) is 4.83. The van der Waals surface area contributed by atoms with Crippen LogP contribution in [0.4, 0.5) is 0 Å². The van der Waals surface area contributed by atoms with Crippen LogP contribution in [0.1, 0.15) is 5.56 Å². The molecule has 132 valence electrons. The van der Waals surface area contributed by atoms with E-state index >= 15 is 0 Å². The third-order valence-electron chi connectivity index (χ3n) is 3.75. The molecule has 0 radical (unpaired) electrons. The summed E-state index contributed by atoms with van der Waals surface area (Å²) in [5.41, 5.74) is 4.34. The van der Waals surface area contributed by atoms with Crippen LogP contribution in [0, 0.1) is 6.92 Å². The van der Waals surface area contributed by atoms with Crippen molar-refractivity contribution >= 4 is 48.3 Å². The van der Waals surface area contributed by atoms with Gasteiger partial charge in [-0.3, -0.25) is 0 Å². The van der Waals surface area contributed by atoms with Gasteiger partial charge in [0.05, 0.1) is 25.3 Å². The summed E-state index contributed by atoms with van der Waals surface area (Å²) in [5, 5.41) is 0. The summed E-state index contributed by atoms with van der Waals surface area (Å²) in [6.07, 6.45) is 0. The summed E-state index contributed by atoms with van der Waals surface area (Å²) >= 11 is 0.